The summed E-state index contributed by atoms with van der Waals surface area (Å²) in [6.45, 7) is 8.78. The molecular weight excluding hydrogens is 228 g/mol. The monoisotopic (exact) mass is 256 g/mol. The summed E-state index contributed by atoms with van der Waals surface area (Å²) >= 11 is 2.13. The lowest BCUT2D eigenvalue weighted by Crippen LogP contribution is -2.44. The summed E-state index contributed by atoms with van der Waals surface area (Å²) in [6, 6.07) is 0.707. The Kier molecular flexibility index (Phi) is 4.79. The first-order chi connectivity index (χ1) is 8.13. The molecule has 1 saturated carbocycles. The maximum Gasteiger partial charge on any atom is 0.0156 e. The molecule has 2 unspecified atom stereocenters. The highest BCUT2D eigenvalue weighted by Crippen LogP contribution is 2.41. The van der Waals surface area contributed by atoms with Gasteiger partial charge in [-0.3, -0.25) is 0 Å². The predicted molar refractivity (Wildman–Crippen MR) is 77.7 cm³/mol. The number of nitrogens with one attached hydrogen (secondary N) is 1. The Morgan fingerprint density at radius 3 is 2.88 bits per heavy atom. The molecule has 1 saturated heterocycles. The summed E-state index contributed by atoms with van der Waals surface area (Å²) in [5, 5.41) is 3.58. The third-order valence-electron chi connectivity index (χ3n) is 4.59. The molecule has 0 bridgehead atoms. The van der Waals surface area contributed by atoms with Crippen molar-refractivity contribution >= 4 is 11.8 Å². The van der Waals surface area contributed by atoms with Gasteiger partial charge in [0.2, 0.25) is 0 Å². The van der Waals surface area contributed by atoms with Gasteiger partial charge in [-0.15, -0.1) is 0 Å². The minimum atomic E-state index is 0.486. The van der Waals surface area contributed by atoms with Crippen molar-refractivity contribution in [2.75, 3.05) is 38.2 Å². The number of hydrogen-bond donors (Lipinski definition) is 1. The van der Waals surface area contributed by atoms with Crippen molar-refractivity contribution in [3.63, 3.8) is 0 Å². The summed E-state index contributed by atoms with van der Waals surface area (Å²) in [7, 11) is 2.14. The maximum atomic E-state index is 3.58. The molecule has 3 heteroatoms. The average molecular weight is 256 g/mol. The van der Waals surface area contributed by atoms with E-state index in [4.69, 9.17) is 0 Å². The van der Waals surface area contributed by atoms with Gasteiger partial charge in [-0.2, -0.15) is 11.8 Å². The largest absolute Gasteiger partial charge is 0.316 e. The van der Waals surface area contributed by atoms with Crippen molar-refractivity contribution < 1.29 is 0 Å². The van der Waals surface area contributed by atoms with E-state index in [1.54, 1.807) is 0 Å². The molecule has 0 radical (unpaired) electrons. The first-order valence-electron chi connectivity index (χ1n) is 7.11. The zero-order chi connectivity index (χ0) is 12.3. The maximum absolute atomic E-state index is 3.58. The van der Waals surface area contributed by atoms with Crippen LogP contribution in [0.25, 0.3) is 0 Å². The second-order valence-corrected chi connectivity index (χ2v) is 7.54. The highest BCUT2D eigenvalue weighted by Gasteiger charge is 2.41. The molecule has 1 heterocycles. The molecule has 2 aliphatic rings. The van der Waals surface area contributed by atoms with Gasteiger partial charge in [-0.25, -0.2) is 0 Å². The smallest absolute Gasteiger partial charge is 0.0156 e. The van der Waals surface area contributed by atoms with Crippen LogP contribution >= 0.6 is 11.8 Å². The van der Waals surface area contributed by atoms with Crippen LogP contribution in [0.3, 0.4) is 0 Å². The highest BCUT2D eigenvalue weighted by molar-refractivity contribution is 7.99. The Labute approximate surface area is 111 Å². The second-order valence-electron chi connectivity index (χ2n) is 6.32. The number of nitrogens with zero attached hydrogens (tertiary/aromatic N) is 1. The fourth-order valence-corrected chi connectivity index (χ4v) is 4.58. The topological polar surface area (TPSA) is 15.3 Å². The summed E-state index contributed by atoms with van der Waals surface area (Å²) in [5.41, 5.74) is 0.486. The Morgan fingerprint density at radius 1 is 1.29 bits per heavy atom. The molecule has 1 N–H and O–H groups in total. The van der Waals surface area contributed by atoms with E-state index in [9.17, 15) is 0 Å². The van der Waals surface area contributed by atoms with E-state index in [0.717, 1.165) is 5.92 Å². The molecule has 0 amide bonds. The lowest BCUT2D eigenvalue weighted by molar-refractivity contribution is 0.197. The van der Waals surface area contributed by atoms with Gasteiger partial charge in [0.15, 0.2) is 0 Å². The fraction of sp³-hybridized carbons (Fsp3) is 1.00. The van der Waals surface area contributed by atoms with Gasteiger partial charge in [0.25, 0.3) is 0 Å². The third-order valence-corrected chi connectivity index (χ3v) is 5.64. The van der Waals surface area contributed by atoms with Crippen LogP contribution in [-0.2, 0) is 0 Å². The molecule has 100 valence electrons. The third kappa shape index (κ3) is 3.39. The number of thioether (sulfide) groups is 1. The molecule has 2 nitrogen and oxygen atoms in total. The summed E-state index contributed by atoms with van der Waals surface area (Å²) < 4.78 is 0. The van der Waals surface area contributed by atoms with Gasteiger partial charge in [-0.1, -0.05) is 13.8 Å². The molecule has 1 aliphatic heterocycles. The molecule has 0 spiro atoms. The predicted octanol–water partition coefficient (Wildman–Crippen LogP) is 2.45. The number of rotatable bonds is 3. The standard InChI is InChI=1S/C14H28N2S/c1-14(2)6-5-12(13(14)15-3)11-16-7-4-9-17-10-8-16/h12-13,15H,4-11H2,1-3H3. The van der Waals surface area contributed by atoms with Crippen molar-refractivity contribution in [1.29, 1.82) is 0 Å². The Bertz CT molecular complexity index is 234. The first-order valence-corrected chi connectivity index (χ1v) is 8.26. The summed E-state index contributed by atoms with van der Waals surface area (Å²) in [5.74, 6) is 3.56. The molecule has 17 heavy (non-hydrogen) atoms. The van der Waals surface area contributed by atoms with E-state index >= 15 is 0 Å². The van der Waals surface area contributed by atoms with Crippen LogP contribution in [0.15, 0.2) is 0 Å². The van der Waals surface area contributed by atoms with E-state index < -0.39 is 0 Å². The van der Waals surface area contributed by atoms with Crippen molar-refractivity contribution in [2.45, 2.75) is 39.2 Å². The van der Waals surface area contributed by atoms with Crippen LogP contribution in [0.1, 0.15) is 33.1 Å². The fourth-order valence-electron chi connectivity index (χ4n) is 3.65. The van der Waals surface area contributed by atoms with Crippen LogP contribution in [0.2, 0.25) is 0 Å². The zero-order valence-corrected chi connectivity index (χ0v) is 12.5. The Balaban J connectivity index is 1.89. The van der Waals surface area contributed by atoms with Gasteiger partial charge in [-0.05, 0) is 49.9 Å². The molecule has 2 atom stereocenters. The molecule has 2 fully saturated rings. The van der Waals surface area contributed by atoms with E-state index in [1.165, 1.54) is 50.4 Å². The minimum Gasteiger partial charge on any atom is -0.316 e. The quantitative estimate of drug-likeness (QED) is 0.835. The van der Waals surface area contributed by atoms with E-state index in [0.29, 0.717) is 11.5 Å². The first kappa shape index (κ1) is 13.7. The second kappa shape index (κ2) is 5.94. The number of hydrogen-bond acceptors (Lipinski definition) is 3. The van der Waals surface area contributed by atoms with E-state index in [1.807, 2.05) is 0 Å². The summed E-state index contributed by atoms with van der Waals surface area (Å²) in [4.78, 5) is 2.70. The molecule has 2 rings (SSSR count). The Morgan fingerprint density at radius 2 is 2.12 bits per heavy atom. The van der Waals surface area contributed by atoms with Crippen LogP contribution < -0.4 is 5.32 Å². The van der Waals surface area contributed by atoms with Crippen molar-refractivity contribution in [3.05, 3.63) is 0 Å². The van der Waals surface area contributed by atoms with Crippen molar-refractivity contribution in [3.8, 4) is 0 Å². The van der Waals surface area contributed by atoms with Crippen LogP contribution in [0.5, 0.6) is 0 Å². The van der Waals surface area contributed by atoms with Crippen molar-refractivity contribution in [2.24, 2.45) is 11.3 Å². The molecule has 0 aromatic rings. The molecule has 0 aromatic carbocycles. The van der Waals surface area contributed by atoms with E-state index in [-0.39, 0.29) is 0 Å². The Hall–Kier alpha value is 0.270. The minimum absolute atomic E-state index is 0.486. The lowest BCUT2D eigenvalue weighted by atomic mass is 9.85. The van der Waals surface area contributed by atoms with Crippen LogP contribution in [0.4, 0.5) is 0 Å². The molecular formula is C14H28N2S. The average Bonchev–Trinajstić information content (AvgIpc) is 2.48. The van der Waals surface area contributed by atoms with Crippen molar-refractivity contribution in [1.82, 2.24) is 10.2 Å². The van der Waals surface area contributed by atoms with E-state index in [2.05, 4.69) is 42.9 Å². The normalized spacial score (nSPS) is 34.8. The molecule has 0 aromatic heterocycles. The van der Waals surface area contributed by atoms with Gasteiger partial charge in [0, 0.05) is 24.9 Å². The molecule has 1 aliphatic carbocycles. The zero-order valence-electron chi connectivity index (χ0n) is 11.7. The van der Waals surface area contributed by atoms with Gasteiger partial charge in [0.05, 0.1) is 0 Å². The van der Waals surface area contributed by atoms with Crippen LogP contribution in [0, 0.1) is 11.3 Å². The van der Waals surface area contributed by atoms with Gasteiger partial charge < -0.3 is 10.2 Å². The SMILES string of the molecule is CNC1C(CN2CCCSCC2)CCC1(C)C. The summed E-state index contributed by atoms with van der Waals surface area (Å²) in [6.07, 6.45) is 4.17. The lowest BCUT2D eigenvalue weighted by Gasteiger charge is -2.33. The van der Waals surface area contributed by atoms with Crippen LogP contribution in [-0.4, -0.2) is 49.1 Å². The van der Waals surface area contributed by atoms with Gasteiger partial charge >= 0.3 is 0 Å². The van der Waals surface area contributed by atoms with Gasteiger partial charge in [0.1, 0.15) is 0 Å². The highest BCUT2D eigenvalue weighted by atomic mass is 32.2.